The van der Waals surface area contributed by atoms with E-state index in [9.17, 15) is 9.59 Å². The van der Waals surface area contributed by atoms with Crippen LogP contribution in [-0.4, -0.2) is 64.1 Å². The average Bonchev–Trinajstić information content (AvgIpc) is 3.33. The second kappa shape index (κ2) is 10.1. The van der Waals surface area contributed by atoms with Gasteiger partial charge in [-0.25, -0.2) is 9.97 Å². The standard InChI is InChI=1S/C25H25N5O5/c1-16-12-28-23(14-26-16)29-24(31)17-9-20(11-21(10-17)35-19-5-8-33-15-19)34-18-3-4-22(27-13-18)25(32)30-6-2-7-30/h3-4,9-14,19H,2,5-8,15H2,1H3,(H,28,29,31). The van der Waals surface area contributed by atoms with Crippen LogP contribution < -0.4 is 14.8 Å². The van der Waals surface area contributed by atoms with Crippen LogP contribution in [0.5, 0.6) is 17.2 Å². The Morgan fingerprint density at radius 3 is 2.54 bits per heavy atom. The Morgan fingerprint density at radius 1 is 1.03 bits per heavy atom. The molecule has 1 N–H and O–H groups in total. The lowest BCUT2D eigenvalue weighted by Gasteiger charge is -2.30. The van der Waals surface area contributed by atoms with Gasteiger partial charge in [-0.3, -0.25) is 14.6 Å². The fourth-order valence-electron chi connectivity index (χ4n) is 3.66. The molecular formula is C25H25N5O5. The number of hydrogen-bond acceptors (Lipinski definition) is 8. The zero-order chi connectivity index (χ0) is 24.2. The summed E-state index contributed by atoms with van der Waals surface area (Å²) in [5.74, 6) is 1.18. The molecule has 2 saturated heterocycles. The number of nitrogens with zero attached hydrogens (tertiary/aromatic N) is 4. The van der Waals surface area contributed by atoms with E-state index in [4.69, 9.17) is 14.2 Å². The van der Waals surface area contributed by atoms with Crippen molar-refractivity contribution in [2.24, 2.45) is 0 Å². The third-order valence-electron chi connectivity index (χ3n) is 5.69. The lowest BCUT2D eigenvalue weighted by Crippen LogP contribution is -2.42. The van der Waals surface area contributed by atoms with Crippen LogP contribution in [0.1, 0.15) is 39.4 Å². The molecule has 0 saturated carbocycles. The van der Waals surface area contributed by atoms with Crippen LogP contribution in [0.4, 0.5) is 5.82 Å². The largest absolute Gasteiger partial charge is 0.488 e. The van der Waals surface area contributed by atoms with Gasteiger partial charge in [0.1, 0.15) is 29.0 Å². The van der Waals surface area contributed by atoms with E-state index >= 15 is 0 Å². The van der Waals surface area contributed by atoms with Crippen LogP contribution in [0.2, 0.25) is 0 Å². The predicted octanol–water partition coefficient (Wildman–Crippen LogP) is 3.24. The summed E-state index contributed by atoms with van der Waals surface area (Å²) in [7, 11) is 0. The van der Waals surface area contributed by atoms with Crippen LogP contribution in [0, 0.1) is 6.92 Å². The maximum Gasteiger partial charge on any atom is 0.272 e. The predicted molar refractivity (Wildman–Crippen MR) is 126 cm³/mol. The first-order chi connectivity index (χ1) is 17.0. The van der Waals surface area contributed by atoms with Gasteiger partial charge < -0.3 is 24.4 Å². The van der Waals surface area contributed by atoms with Crippen molar-refractivity contribution in [3.05, 3.63) is 65.9 Å². The molecule has 0 aliphatic carbocycles. The molecule has 5 rings (SSSR count). The number of benzene rings is 1. The summed E-state index contributed by atoms with van der Waals surface area (Å²) >= 11 is 0. The minimum absolute atomic E-state index is 0.0878. The SMILES string of the molecule is Cc1cnc(NC(=O)c2cc(Oc3ccc(C(=O)N4CCC4)nc3)cc(OC3CCOC3)c2)cn1. The highest BCUT2D eigenvalue weighted by Crippen LogP contribution is 2.29. The number of carbonyl (C=O) groups is 2. The quantitative estimate of drug-likeness (QED) is 0.554. The number of carbonyl (C=O) groups excluding carboxylic acids is 2. The molecule has 35 heavy (non-hydrogen) atoms. The number of aryl methyl sites for hydroxylation is 1. The summed E-state index contributed by atoms with van der Waals surface area (Å²) in [5, 5.41) is 2.74. The number of likely N-dealkylation sites (tertiary alicyclic amines) is 1. The first-order valence-electron chi connectivity index (χ1n) is 11.5. The van der Waals surface area contributed by atoms with Crippen LogP contribution >= 0.6 is 0 Å². The highest BCUT2D eigenvalue weighted by atomic mass is 16.5. The summed E-state index contributed by atoms with van der Waals surface area (Å²) in [6.07, 6.45) is 6.25. The maximum absolute atomic E-state index is 12.9. The Kier molecular flexibility index (Phi) is 6.53. The topological polar surface area (TPSA) is 116 Å². The number of aromatic nitrogens is 3. The van der Waals surface area contributed by atoms with Crippen molar-refractivity contribution in [3.63, 3.8) is 0 Å². The summed E-state index contributed by atoms with van der Waals surface area (Å²) in [6, 6.07) is 8.28. The molecule has 180 valence electrons. The summed E-state index contributed by atoms with van der Waals surface area (Å²) in [5.41, 5.74) is 1.45. The molecule has 0 spiro atoms. The van der Waals surface area contributed by atoms with E-state index in [1.165, 1.54) is 12.4 Å². The zero-order valence-corrected chi connectivity index (χ0v) is 19.3. The van der Waals surface area contributed by atoms with Gasteiger partial charge >= 0.3 is 0 Å². The normalized spacial score (nSPS) is 16.9. The summed E-state index contributed by atoms with van der Waals surface area (Å²) < 4.78 is 17.4. The molecular weight excluding hydrogens is 450 g/mol. The average molecular weight is 476 g/mol. The number of rotatable bonds is 7. The number of anilines is 1. The molecule has 2 aromatic heterocycles. The number of ether oxygens (including phenoxy) is 3. The Balaban J connectivity index is 1.35. The molecule has 2 aliphatic heterocycles. The monoisotopic (exact) mass is 475 g/mol. The fourth-order valence-corrected chi connectivity index (χ4v) is 3.66. The third kappa shape index (κ3) is 5.55. The molecule has 10 heteroatoms. The molecule has 2 fully saturated rings. The Bertz CT molecular complexity index is 1210. The highest BCUT2D eigenvalue weighted by molar-refractivity contribution is 6.04. The third-order valence-corrected chi connectivity index (χ3v) is 5.69. The van der Waals surface area contributed by atoms with Crippen LogP contribution in [0.3, 0.4) is 0 Å². The minimum Gasteiger partial charge on any atom is -0.488 e. The van der Waals surface area contributed by atoms with Gasteiger partial charge in [0.2, 0.25) is 0 Å². The first-order valence-corrected chi connectivity index (χ1v) is 11.5. The van der Waals surface area contributed by atoms with Crippen molar-refractivity contribution < 1.29 is 23.8 Å². The Hall–Kier alpha value is -4.05. The summed E-state index contributed by atoms with van der Waals surface area (Å²) in [6.45, 7) is 4.46. The van der Waals surface area contributed by atoms with Crippen LogP contribution in [-0.2, 0) is 4.74 Å². The van der Waals surface area contributed by atoms with E-state index < -0.39 is 0 Å². The molecule has 3 aromatic rings. The Labute approximate surface area is 202 Å². The molecule has 10 nitrogen and oxygen atoms in total. The molecule has 2 amide bonds. The zero-order valence-electron chi connectivity index (χ0n) is 19.3. The van der Waals surface area contributed by atoms with E-state index in [0.29, 0.717) is 47.5 Å². The van der Waals surface area contributed by atoms with E-state index in [-0.39, 0.29) is 17.9 Å². The molecule has 1 aromatic carbocycles. The van der Waals surface area contributed by atoms with E-state index in [0.717, 1.165) is 31.6 Å². The van der Waals surface area contributed by atoms with Gasteiger partial charge in [-0.15, -0.1) is 0 Å². The Morgan fingerprint density at radius 2 is 1.89 bits per heavy atom. The molecule has 1 atom stereocenters. The number of pyridine rings is 1. The van der Waals surface area contributed by atoms with Crippen molar-refractivity contribution in [2.45, 2.75) is 25.9 Å². The van der Waals surface area contributed by atoms with Crippen molar-refractivity contribution in [1.82, 2.24) is 19.9 Å². The second-order valence-corrected chi connectivity index (χ2v) is 8.42. The second-order valence-electron chi connectivity index (χ2n) is 8.42. The van der Waals surface area contributed by atoms with Crippen molar-refractivity contribution in [1.29, 1.82) is 0 Å². The smallest absolute Gasteiger partial charge is 0.272 e. The molecule has 2 aliphatic rings. The van der Waals surface area contributed by atoms with E-state index in [1.807, 2.05) is 6.92 Å². The van der Waals surface area contributed by atoms with Gasteiger partial charge in [0.25, 0.3) is 11.8 Å². The fraction of sp³-hybridized carbons (Fsp3) is 0.320. The van der Waals surface area contributed by atoms with Gasteiger partial charge in [0, 0.05) is 31.1 Å². The van der Waals surface area contributed by atoms with Gasteiger partial charge in [-0.05, 0) is 37.6 Å². The van der Waals surface area contributed by atoms with Crippen LogP contribution in [0.25, 0.3) is 0 Å². The van der Waals surface area contributed by atoms with Gasteiger partial charge in [-0.1, -0.05) is 0 Å². The number of nitrogens with one attached hydrogen (secondary N) is 1. The van der Waals surface area contributed by atoms with E-state index in [1.54, 1.807) is 41.4 Å². The number of amides is 2. The minimum atomic E-state index is -0.380. The van der Waals surface area contributed by atoms with Gasteiger partial charge in [0.05, 0.1) is 37.5 Å². The van der Waals surface area contributed by atoms with Crippen molar-refractivity contribution >= 4 is 17.6 Å². The van der Waals surface area contributed by atoms with Crippen LogP contribution in [0.15, 0.2) is 48.9 Å². The first kappa shape index (κ1) is 22.7. The van der Waals surface area contributed by atoms with Crippen molar-refractivity contribution in [2.75, 3.05) is 31.6 Å². The van der Waals surface area contributed by atoms with E-state index in [2.05, 4.69) is 20.3 Å². The van der Waals surface area contributed by atoms with Gasteiger partial charge in [-0.2, -0.15) is 0 Å². The number of hydrogen-bond donors (Lipinski definition) is 1. The van der Waals surface area contributed by atoms with Gasteiger partial charge in [0.15, 0.2) is 5.82 Å². The molecule has 0 bridgehead atoms. The van der Waals surface area contributed by atoms with Crippen molar-refractivity contribution in [3.8, 4) is 17.2 Å². The molecule has 4 heterocycles. The molecule has 1 unspecified atom stereocenters. The lowest BCUT2D eigenvalue weighted by atomic mass is 10.1. The summed E-state index contributed by atoms with van der Waals surface area (Å²) in [4.78, 5) is 39.6. The lowest BCUT2D eigenvalue weighted by molar-refractivity contribution is 0.0645. The maximum atomic E-state index is 12.9. The molecule has 0 radical (unpaired) electrons. The highest BCUT2D eigenvalue weighted by Gasteiger charge is 2.23.